The minimum atomic E-state index is -3.82. The minimum absolute atomic E-state index is 0. The first-order valence-electron chi connectivity index (χ1n) is 48.7. The molecule has 131 heavy (non-hydrogen) atoms. The fourth-order valence-electron chi connectivity index (χ4n) is 15.5. The van der Waals surface area contributed by atoms with Gasteiger partial charge >= 0.3 is 33.0 Å². The Kier molecular flexibility index (Phi) is 61.7. The van der Waals surface area contributed by atoms with E-state index in [0.717, 1.165) is 129 Å². The van der Waals surface area contributed by atoms with Crippen molar-refractivity contribution < 1.29 is 57.3 Å². The van der Waals surface area contributed by atoms with E-state index in [9.17, 15) is 34.8 Å². The Labute approximate surface area is 814 Å². The Bertz CT molecular complexity index is 4590. The van der Waals surface area contributed by atoms with Crippen molar-refractivity contribution in [1.29, 1.82) is 0 Å². The summed E-state index contributed by atoms with van der Waals surface area (Å²) in [6, 6.07) is 27.5. The number of rotatable bonds is 45. The first kappa shape index (κ1) is 123. The van der Waals surface area contributed by atoms with Gasteiger partial charge < -0.3 is 38.9 Å². The molecular weight excluding hydrogens is 1800 g/mol. The van der Waals surface area contributed by atoms with Crippen LogP contribution in [-0.4, -0.2) is 101 Å². The number of nitrogens with zero attached hydrogens (tertiary/aromatic N) is 1. The summed E-state index contributed by atoms with van der Waals surface area (Å²) in [5, 5.41) is 17.3. The van der Waals surface area contributed by atoms with Crippen molar-refractivity contribution in [2.45, 2.75) is 381 Å². The number of hydrogen-bond acceptors (Lipinski definition) is 11. The van der Waals surface area contributed by atoms with Crippen LogP contribution in [-0.2, 0) is 63.4 Å². The molecule has 0 atom stereocenters. The second kappa shape index (κ2) is 65.7. The van der Waals surface area contributed by atoms with Gasteiger partial charge in [-0.1, -0.05) is 323 Å². The van der Waals surface area contributed by atoms with Crippen molar-refractivity contribution in [3.8, 4) is 0 Å². The van der Waals surface area contributed by atoms with Crippen molar-refractivity contribution >= 4 is 51.6 Å². The molecular formula is C110H177ClN7O9RuS3+. The summed E-state index contributed by atoms with van der Waals surface area (Å²) in [6.45, 7) is 59.7. The van der Waals surface area contributed by atoms with E-state index < -0.39 is 36.0 Å². The monoisotopic (exact) mass is 1970 g/mol. The molecule has 0 spiro atoms. The number of nitrogens with two attached hydrogens (primary N) is 1. The average Bonchev–Trinajstić information content (AvgIpc) is 0.779. The normalized spacial score (nSPS) is 13.2. The van der Waals surface area contributed by atoms with Gasteiger partial charge in [0.1, 0.15) is 10.0 Å². The van der Waals surface area contributed by atoms with Crippen LogP contribution in [0.1, 0.15) is 431 Å². The summed E-state index contributed by atoms with van der Waals surface area (Å²) >= 11 is 1.82. The molecule has 0 unspecified atom stereocenters. The van der Waals surface area contributed by atoms with Crippen LogP contribution < -0.4 is 31.1 Å². The number of carboxylic acids is 1. The van der Waals surface area contributed by atoms with Crippen LogP contribution in [0.3, 0.4) is 0 Å². The fraction of sp³-hybridized carbons (Fsp3) is 0.591. The van der Waals surface area contributed by atoms with Crippen molar-refractivity contribution in [2.24, 2.45) is 5.73 Å². The van der Waals surface area contributed by atoms with Gasteiger partial charge in [0, 0.05) is 26.1 Å². The van der Waals surface area contributed by atoms with E-state index in [1.54, 1.807) is 18.1 Å². The number of benzene rings is 5. The number of carbonyl (C=O) groups is 2. The number of allylic oxidation sites excluding steroid dienone is 12. The van der Waals surface area contributed by atoms with Crippen molar-refractivity contribution in [2.75, 3.05) is 58.9 Å². The Morgan fingerprint density at radius 2 is 0.725 bits per heavy atom. The van der Waals surface area contributed by atoms with Gasteiger partial charge in [0.05, 0.1) is 21.2 Å². The molecule has 0 bridgehead atoms. The molecule has 0 aromatic heterocycles. The summed E-state index contributed by atoms with van der Waals surface area (Å²) in [5.41, 5.74) is 26.1. The number of aliphatic carboxylic acids is 1. The number of carboxylic acid groups (broad SMARTS) is 1. The molecule has 0 saturated heterocycles. The average molecular weight is 1970 g/mol. The number of hydrogen-bond donors (Lipinski definition) is 7. The molecule has 8 rings (SSSR count). The van der Waals surface area contributed by atoms with E-state index in [2.05, 4.69) is 301 Å². The summed E-state index contributed by atoms with van der Waals surface area (Å²) in [4.78, 5) is 22.9. The second-order valence-corrected chi connectivity index (χ2v) is 43.5. The number of halogens is 1. The Hall–Kier alpha value is -6.00. The van der Waals surface area contributed by atoms with Gasteiger partial charge in [0.2, 0.25) is 26.0 Å². The number of aryl methyl sites for hydroxylation is 1. The third kappa shape index (κ3) is 46.1. The van der Waals surface area contributed by atoms with Gasteiger partial charge in [-0.05, 0) is 291 Å². The molecule has 3 aliphatic rings. The molecule has 0 saturated carbocycles. The van der Waals surface area contributed by atoms with E-state index in [1.165, 1.54) is 83.0 Å². The first-order valence-corrected chi connectivity index (χ1v) is 55.3. The van der Waals surface area contributed by atoms with E-state index in [4.69, 9.17) is 10.8 Å². The van der Waals surface area contributed by atoms with Gasteiger partial charge in [0.25, 0.3) is 0 Å². The van der Waals surface area contributed by atoms with Crippen LogP contribution in [0, 0.1) is 14.4 Å². The zero-order chi connectivity index (χ0) is 98.0. The Balaban J connectivity index is 0.000000832. The summed E-state index contributed by atoms with van der Waals surface area (Å²) in [5.74, 6) is 2.47. The van der Waals surface area contributed by atoms with Crippen LogP contribution in [0.15, 0.2) is 165 Å². The van der Waals surface area contributed by atoms with Crippen molar-refractivity contribution in [1.82, 2.24) is 25.4 Å². The number of unbranched alkanes of at least 4 members (excludes halogenated alkanes) is 3. The summed E-state index contributed by atoms with van der Waals surface area (Å²) < 4.78 is 89.3. The molecule has 8 N–H and O–H groups in total. The van der Waals surface area contributed by atoms with Crippen LogP contribution in [0.5, 0.6) is 0 Å². The molecule has 0 aliphatic heterocycles. The fourth-order valence-corrected chi connectivity index (χ4v) is 20.6. The topological polar surface area (TPSA) is 257 Å². The number of carbonyl (C=O) groups excluding carboxylic acids is 1. The number of nitrogens with one attached hydrogen (secondary N) is 5. The van der Waals surface area contributed by atoms with E-state index in [1.807, 2.05) is 63.2 Å². The maximum atomic E-state index is 13.3. The number of amides is 1. The molecule has 16 nitrogen and oxygen atoms in total. The molecule has 0 fully saturated rings. The SMILES string of the molecule is CC(C)c1cc(C(C)C)c(S(=O)(=O)NCC(=O)NCCCCC2=CCC=CC2)c(C(C)C)c1.CC(C)c1cc(C(C)C)c(S(=O)(=O)NCCNCCCCC2=CCC=CC2)c(C(C)C)c1.CC(C)c1cc(C(C)C)c(S(=O)(=O)[N-]CCNCCCc2ccccc2)c(C(C)C)c1.CCC(=O)O.Cc1c(C(C)C)cc(C(C)C)cc1C(C)C.NCCCCC1=CCC=CC1.[CH3-].[Cl][Ru+3]. The molecule has 5 aromatic rings. The van der Waals surface area contributed by atoms with Crippen molar-refractivity contribution in [3.05, 3.63) is 240 Å². The zero-order valence-corrected chi connectivity index (χ0v) is 90.9. The van der Waals surface area contributed by atoms with Crippen LogP contribution in [0.25, 0.3) is 4.72 Å². The van der Waals surface area contributed by atoms with E-state index in [0.29, 0.717) is 76.4 Å². The van der Waals surface area contributed by atoms with Crippen LogP contribution in [0.4, 0.5) is 0 Å². The van der Waals surface area contributed by atoms with Crippen molar-refractivity contribution in [3.63, 3.8) is 0 Å². The first-order chi connectivity index (χ1) is 61.3. The van der Waals surface area contributed by atoms with Gasteiger partial charge in [-0.2, -0.15) is 0 Å². The van der Waals surface area contributed by atoms with Gasteiger partial charge in [0.15, 0.2) is 0 Å². The third-order valence-electron chi connectivity index (χ3n) is 23.6. The molecule has 1 amide bonds. The Morgan fingerprint density at radius 3 is 1.05 bits per heavy atom. The quantitative estimate of drug-likeness (QED) is 0.00831. The van der Waals surface area contributed by atoms with Gasteiger partial charge in [-0.3, -0.25) is 9.59 Å². The molecule has 0 radical (unpaired) electrons. The molecule has 738 valence electrons. The van der Waals surface area contributed by atoms with Crippen LogP contribution >= 0.6 is 9.69 Å². The third-order valence-corrected chi connectivity index (χ3v) is 28.2. The summed E-state index contributed by atoms with van der Waals surface area (Å²) in [6.07, 6.45) is 39.2. The zero-order valence-electron chi connectivity index (χ0n) is 85.9. The Morgan fingerprint density at radius 1 is 0.405 bits per heavy atom. The van der Waals surface area contributed by atoms with Crippen LogP contribution in [0.2, 0.25) is 0 Å². The summed E-state index contributed by atoms with van der Waals surface area (Å²) in [7, 11) is -6.53. The molecule has 3 aliphatic carbocycles. The van der Waals surface area contributed by atoms with Gasteiger partial charge in [-0.25, -0.2) is 34.7 Å². The molecule has 0 heterocycles. The van der Waals surface area contributed by atoms with E-state index in [-0.39, 0.29) is 68.4 Å². The number of sulfonamides is 3. The molecule has 5 aromatic carbocycles. The molecule has 21 heteroatoms. The van der Waals surface area contributed by atoms with Gasteiger partial charge in [-0.15, -0.1) is 6.54 Å². The van der Waals surface area contributed by atoms with E-state index >= 15 is 0 Å². The second-order valence-electron chi connectivity index (χ2n) is 38.5. The maximum absolute atomic E-state index is 13.3. The predicted molar refractivity (Wildman–Crippen MR) is 559 cm³/mol. The predicted octanol–water partition coefficient (Wildman–Crippen LogP) is 28.0. The standard InChI is InChI=1S/C27H42N2O3S.C27H44N2O2S.C26H39N2O2S.C16H26.C10H17N.C3H6O2.CH3.ClH.Ru/c1-19(2)23-16-24(20(3)4)27(25(17-23)21(5)6)33(31,32)29-18-26(30)28-15-11-10-14-22-12-8-7-9-13-22;1-20(2)24-18-25(21(3)4)27(26(19-24)22(5)6)32(30,31)29-17-16-28-15-11-10-14-23-12-8-7-9-13-23;1-19(2)23-17-24(20(3)4)26(25(18-23)21(5)6)31(29,30)28-16-15-27-14-10-13-22-11-8-7-9-12-22;1-10(2)14-8-15(11(3)4)13(7)16(9-14)12(5)6;11-9-5-4-8-10-6-2-1-3-7-10;1-2-3(4)5;;;/h7-8,13,16-17,19-21,29H,9-12,14-15,18H2,1-6H3,(H,28,30);7-8,13,18-22,28-29H,9-12,14-17H2,1-6H3;7-9,11-12,17-21,27H,10,13-16H2,1-6H3;8-12H,1-7H3;1-2,7H,3-6,8-9,11H2;2H2,1H3,(H,4,5);1H3;1H;/q;;-1;;;;-1;;+4/p-1.